The Bertz CT molecular complexity index is 312. The maximum atomic E-state index is 12.6. The van der Waals surface area contributed by atoms with Gasteiger partial charge in [0, 0.05) is 6.07 Å². The number of pyridine rings is 1. The van der Waals surface area contributed by atoms with E-state index in [9.17, 15) is 4.39 Å². The van der Waals surface area contributed by atoms with Crippen molar-refractivity contribution in [1.29, 1.82) is 0 Å². The second kappa shape index (κ2) is 3.20. The fourth-order valence-corrected chi connectivity index (χ4v) is 1.19. The predicted molar refractivity (Wildman–Crippen MR) is 46.9 cm³/mol. The summed E-state index contributed by atoms with van der Waals surface area (Å²) in [7, 11) is 0. The Morgan fingerprint density at radius 2 is 2.31 bits per heavy atom. The Labute approximate surface area is 75.7 Å². The van der Waals surface area contributed by atoms with E-state index >= 15 is 0 Å². The highest BCUT2D eigenvalue weighted by Crippen LogP contribution is 2.27. The smallest absolute Gasteiger partial charge is 0.237 e. The third-order valence-corrected chi connectivity index (χ3v) is 2.18. The molecule has 2 rings (SSSR count). The average molecular weight is 182 g/mol. The number of nitrogens with zero attached hydrogens (tertiary/aromatic N) is 1. The zero-order valence-electron chi connectivity index (χ0n) is 7.16. The van der Waals surface area contributed by atoms with Crippen molar-refractivity contribution in [2.24, 2.45) is 0 Å². The molecule has 0 saturated heterocycles. The molecular weight excluding hydrogens is 171 g/mol. The number of halogens is 1. The normalized spacial score (nSPS) is 16.7. The van der Waals surface area contributed by atoms with Crippen molar-refractivity contribution in [2.75, 3.05) is 5.73 Å². The van der Waals surface area contributed by atoms with Gasteiger partial charge >= 0.3 is 0 Å². The molecule has 0 bridgehead atoms. The molecule has 2 N–H and O–H groups in total. The minimum absolute atomic E-state index is 0.222. The molecule has 1 heterocycles. The summed E-state index contributed by atoms with van der Waals surface area (Å²) in [6, 6.07) is 1.22. The van der Waals surface area contributed by atoms with Crippen molar-refractivity contribution in [3.05, 3.63) is 18.1 Å². The fourth-order valence-electron chi connectivity index (χ4n) is 1.19. The summed E-state index contributed by atoms with van der Waals surface area (Å²) in [4.78, 5) is 3.78. The van der Waals surface area contributed by atoms with Gasteiger partial charge in [0.25, 0.3) is 0 Å². The zero-order chi connectivity index (χ0) is 9.26. The largest absolute Gasteiger partial charge is 0.473 e. The topological polar surface area (TPSA) is 48.1 Å². The van der Waals surface area contributed by atoms with Crippen LogP contribution in [0.1, 0.15) is 19.3 Å². The van der Waals surface area contributed by atoms with Crippen LogP contribution >= 0.6 is 0 Å². The Hall–Kier alpha value is -1.32. The highest BCUT2D eigenvalue weighted by molar-refractivity contribution is 5.47. The Morgan fingerprint density at radius 3 is 2.85 bits per heavy atom. The summed E-state index contributed by atoms with van der Waals surface area (Å²) in [5.41, 5.74) is 5.79. The monoisotopic (exact) mass is 182 g/mol. The van der Waals surface area contributed by atoms with E-state index in [4.69, 9.17) is 10.5 Å². The first kappa shape index (κ1) is 8.29. The van der Waals surface area contributed by atoms with Gasteiger partial charge in [0.1, 0.15) is 11.9 Å². The van der Waals surface area contributed by atoms with Crippen LogP contribution in [0.25, 0.3) is 0 Å². The highest BCUT2D eigenvalue weighted by Gasteiger charge is 2.20. The minimum atomic E-state index is -0.432. The third kappa shape index (κ3) is 1.71. The van der Waals surface area contributed by atoms with E-state index < -0.39 is 5.82 Å². The van der Waals surface area contributed by atoms with Crippen molar-refractivity contribution >= 4 is 5.69 Å². The standard InChI is InChI=1S/C9H11FN2O/c10-6-4-8(11)9(12-5-6)13-7-2-1-3-7/h4-5,7H,1-3,11H2. The lowest BCUT2D eigenvalue weighted by Crippen LogP contribution is -2.25. The van der Waals surface area contributed by atoms with E-state index in [0.29, 0.717) is 5.88 Å². The molecular formula is C9H11FN2O. The molecule has 0 atom stereocenters. The molecule has 1 aromatic heterocycles. The van der Waals surface area contributed by atoms with Gasteiger partial charge in [0.15, 0.2) is 0 Å². The SMILES string of the molecule is Nc1cc(F)cnc1OC1CCC1. The zero-order valence-corrected chi connectivity index (χ0v) is 7.16. The second-order valence-corrected chi connectivity index (χ2v) is 3.22. The third-order valence-electron chi connectivity index (χ3n) is 2.18. The van der Waals surface area contributed by atoms with Crippen LogP contribution in [-0.4, -0.2) is 11.1 Å². The number of nitrogen functional groups attached to an aromatic ring is 1. The van der Waals surface area contributed by atoms with E-state index in [0.717, 1.165) is 19.0 Å². The lowest BCUT2D eigenvalue weighted by molar-refractivity contribution is 0.115. The lowest BCUT2D eigenvalue weighted by Gasteiger charge is -2.26. The summed E-state index contributed by atoms with van der Waals surface area (Å²) in [6.45, 7) is 0. The first-order valence-electron chi connectivity index (χ1n) is 4.33. The highest BCUT2D eigenvalue weighted by atomic mass is 19.1. The number of ether oxygens (including phenoxy) is 1. The fraction of sp³-hybridized carbons (Fsp3) is 0.444. The molecule has 4 heteroatoms. The molecule has 70 valence electrons. The predicted octanol–water partition coefficient (Wildman–Crippen LogP) is 1.73. The van der Waals surface area contributed by atoms with Gasteiger partial charge in [-0.05, 0) is 19.3 Å². The van der Waals surface area contributed by atoms with Gasteiger partial charge < -0.3 is 10.5 Å². The van der Waals surface area contributed by atoms with Crippen molar-refractivity contribution in [3.63, 3.8) is 0 Å². The molecule has 3 nitrogen and oxygen atoms in total. The van der Waals surface area contributed by atoms with Gasteiger partial charge in [-0.3, -0.25) is 0 Å². The Balaban J connectivity index is 2.10. The summed E-state index contributed by atoms with van der Waals surface area (Å²) in [6.07, 6.45) is 4.60. The number of aromatic nitrogens is 1. The van der Waals surface area contributed by atoms with Gasteiger partial charge in [0.2, 0.25) is 5.88 Å². The number of hydrogen-bond donors (Lipinski definition) is 1. The van der Waals surface area contributed by atoms with E-state index in [1.807, 2.05) is 0 Å². The molecule has 0 spiro atoms. The van der Waals surface area contributed by atoms with Gasteiger partial charge in [-0.15, -0.1) is 0 Å². The Morgan fingerprint density at radius 1 is 1.54 bits per heavy atom. The van der Waals surface area contributed by atoms with Gasteiger partial charge in [-0.1, -0.05) is 0 Å². The van der Waals surface area contributed by atoms with Crippen LogP contribution in [0.5, 0.6) is 5.88 Å². The van der Waals surface area contributed by atoms with Crippen LogP contribution in [0.4, 0.5) is 10.1 Å². The summed E-state index contributed by atoms with van der Waals surface area (Å²) in [5, 5.41) is 0. The number of nitrogens with two attached hydrogens (primary N) is 1. The van der Waals surface area contributed by atoms with E-state index in [1.54, 1.807) is 0 Å². The molecule has 0 aliphatic heterocycles. The maximum absolute atomic E-state index is 12.6. The van der Waals surface area contributed by atoms with E-state index in [1.165, 1.54) is 12.5 Å². The van der Waals surface area contributed by atoms with Crippen molar-refractivity contribution in [1.82, 2.24) is 4.98 Å². The van der Waals surface area contributed by atoms with E-state index in [2.05, 4.69) is 4.98 Å². The lowest BCUT2D eigenvalue weighted by atomic mass is 9.96. The molecule has 0 radical (unpaired) electrons. The summed E-state index contributed by atoms with van der Waals surface area (Å²) in [5.74, 6) is -0.0791. The second-order valence-electron chi connectivity index (χ2n) is 3.22. The first-order valence-corrected chi connectivity index (χ1v) is 4.33. The van der Waals surface area contributed by atoms with Crippen LogP contribution in [0, 0.1) is 5.82 Å². The molecule has 1 aromatic rings. The van der Waals surface area contributed by atoms with Crippen molar-refractivity contribution in [3.8, 4) is 5.88 Å². The molecule has 0 aromatic carbocycles. The van der Waals surface area contributed by atoms with Gasteiger partial charge in [-0.2, -0.15) is 0 Å². The Kier molecular flexibility index (Phi) is 2.04. The van der Waals surface area contributed by atoms with Crippen LogP contribution in [-0.2, 0) is 0 Å². The van der Waals surface area contributed by atoms with Crippen molar-refractivity contribution < 1.29 is 9.13 Å². The average Bonchev–Trinajstić information content (AvgIpc) is 1.99. The summed E-state index contributed by atoms with van der Waals surface area (Å²) < 4.78 is 18.0. The van der Waals surface area contributed by atoms with Crippen LogP contribution < -0.4 is 10.5 Å². The quantitative estimate of drug-likeness (QED) is 0.757. The molecule has 1 aliphatic carbocycles. The molecule has 1 saturated carbocycles. The van der Waals surface area contributed by atoms with Gasteiger partial charge in [0.05, 0.1) is 11.9 Å². The molecule has 0 amide bonds. The van der Waals surface area contributed by atoms with Crippen LogP contribution in [0.15, 0.2) is 12.3 Å². The number of anilines is 1. The maximum Gasteiger partial charge on any atom is 0.237 e. The first-order chi connectivity index (χ1) is 6.25. The van der Waals surface area contributed by atoms with Gasteiger partial charge in [-0.25, -0.2) is 9.37 Å². The molecule has 1 aliphatic rings. The number of rotatable bonds is 2. The van der Waals surface area contributed by atoms with Crippen LogP contribution in [0.3, 0.4) is 0 Å². The molecule has 13 heavy (non-hydrogen) atoms. The molecule has 0 unspecified atom stereocenters. The minimum Gasteiger partial charge on any atom is -0.473 e. The number of hydrogen-bond acceptors (Lipinski definition) is 3. The summed E-state index contributed by atoms with van der Waals surface area (Å²) >= 11 is 0. The van der Waals surface area contributed by atoms with Crippen LogP contribution in [0.2, 0.25) is 0 Å². The molecule has 1 fully saturated rings. The van der Waals surface area contributed by atoms with Crippen molar-refractivity contribution in [2.45, 2.75) is 25.4 Å². The van der Waals surface area contributed by atoms with E-state index in [-0.39, 0.29) is 11.8 Å².